The number of halogens is 1. The van der Waals surface area contributed by atoms with Gasteiger partial charge in [0, 0.05) is 39.2 Å². The van der Waals surface area contributed by atoms with E-state index < -0.39 is 0 Å². The monoisotopic (exact) mass is 373 g/mol. The second kappa shape index (κ2) is 9.19. The van der Waals surface area contributed by atoms with Gasteiger partial charge < -0.3 is 20.3 Å². The van der Waals surface area contributed by atoms with Crippen LogP contribution in [0.15, 0.2) is 0 Å². The van der Waals surface area contributed by atoms with Crippen LogP contribution in [0.2, 0.25) is 0 Å². The third-order valence-electron chi connectivity index (χ3n) is 6.02. The molecule has 2 amide bonds. The van der Waals surface area contributed by atoms with Crippen molar-refractivity contribution in [2.75, 3.05) is 39.3 Å². The van der Waals surface area contributed by atoms with Crippen LogP contribution in [0.5, 0.6) is 0 Å². The fourth-order valence-corrected chi connectivity index (χ4v) is 4.34. The van der Waals surface area contributed by atoms with Crippen molar-refractivity contribution in [3.8, 4) is 0 Å². The van der Waals surface area contributed by atoms with Gasteiger partial charge in [-0.3, -0.25) is 9.59 Å². The fourth-order valence-electron chi connectivity index (χ4n) is 4.34. The maximum atomic E-state index is 12.7. The highest BCUT2D eigenvalue weighted by molar-refractivity contribution is 5.85. The first kappa shape index (κ1) is 20.5. The highest BCUT2D eigenvalue weighted by Crippen LogP contribution is 2.38. The maximum Gasteiger partial charge on any atom is 0.251 e. The second-order valence-electron chi connectivity index (χ2n) is 7.65. The number of carbonyl (C=O) groups excluding carboxylic acids is 2. The lowest BCUT2D eigenvalue weighted by Gasteiger charge is -2.40. The lowest BCUT2D eigenvalue weighted by Crippen LogP contribution is -2.53. The van der Waals surface area contributed by atoms with Crippen LogP contribution in [0.1, 0.15) is 51.4 Å². The fraction of sp³-hybridized carbons (Fsp3) is 0.889. The van der Waals surface area contributed by atoms with Crippen LogP contribution in [-0.2, 0) is 14.3 Å². The molecular weight excluding hydrogens is 342 g/mol. The van der Waals surface area contributed by atoms with E-state index in [0.717, 1.165) is 25.7 Å². The molecule has 2 saturated heterocycles. The van der Waals surface area contributed by atoms with Gasteiger partial charge in [0.05, 0.1) is 0 Å². The summed E-state index contributed by atoms with van der Waals surface area (Å²) < 4.78 is 5.48. The van der Waals surface area contributed by atoms with Crippen LogP contribution < -0.4 is 5.73 Å². The zero-order chi connectivity index (χ0) is 17.0. The van der Waals surface area contributed by atoms with E-state index in [4.69, 9.17) is 10.5 Å². The Kier molecular flexibility index (Phi) is 7.52. The lowest BCUT2D eigenvalue weighted by atomic mass is 9.71. The molecule has 1 saturated carbocycles. The predicted octanol–water partition coefficient (Wildman–Crippen LogP) is 1.56. The number of piperazine rings is 1. The standard InChI is InChI=1S/C18H31N3O3.ClH/c19-14-18(6-2-1-3-7-18)13-16(22)20-8-10-21(11-9-20)17(23)15-5-4-12-24-15;/h15H,1-14,19H2;1H. The van der Waals surface area contributed by atoms with Gasteiger partial charge in [0.15, 0.2) is 0 Å². The molecule has 144 valence electrons. The van der Waals surface area contributed by atoms with Crippen LogP contribution in [0.4, 0.5) is 0 Å². The van der Waals surface area contributed by atoms with Crippen LogP contribution in [0, 0.1) is 5.41 Å². The van der Waals surface area contributed by atoms with Crippen molar-refractivity contribution in [3.63, 3.8) is 0 Å². The van der Waals surface area contributed by atoms with Crippen LogP contribution in [-0.4, -0.2) is 67.0 Å². The van der Waals surface area contributed by atoms with Gasteiger partial charge in [0.25, 0.3) is 5.91 Å². The molecule has 0 spiro atoms. The van der Waals surface area contributed by atoms with Crippen molar-refractivity contribution in [2.24, 2.45) is 11.1 Å². The molecule has 7 heteroatoms. The maximum absolute atomic E-state index is 12.7. The van der Waals surface area contributed by atoms with Crippen molar-refractivity contribution >= 4 is 24.2 Å². The first-order valence-corrected chi connectivity index (χ1v) is 9.52. The van der Waals surface area contributed by atoms with Gasteiger partial charge in [-0.25, -0.2) is 0 Å². The number of hydrogen-bond acceptors (Lipinski definition) is 4. The van der Waals surface area contributed by atoms with E-state index in [1.165, 1.54) is 19.3 Å². The summed E-state index contributed by atoms with van der Waals surface area (Å²) in [5, 5.41) is 0. The molecule has 0 radical (unpaired) electrons. The molecule has 1 atom stereocenters. The lowest BCUT2D eigenvalue weighted by molar-refractivity contribution is -0.146. The summed E-state index contributed by atoms with van der Waals surface area (Å²) in [5.74, 6) is 0.317. The average Bonchev–Trinajstić information content (AvgIpc) is 3.16. The Labute approximate surface area is 156 Å². The molecule has 0 aromatic heterocycles. The minimum absolute atomic E-state index is 0. The molecule has 0 aromatic rings. The first-order chi connectivity index (χ1) is 11.6. The van der Waals surface area contributed by atoms with Crippen molar-refractivity contribution in [2.45, 2.75) is 57.5 Å². The summed E-state index contributed by atoms with van der Waals surface area (Å²) >= 11 is 0. The van der Waals surface area contributed by atoms with E-state index in [0.29, 0.717) is 45.8 Å². The van der Waals surface area contributed by atoms with Gasteiger partial charge in [0.1, 0.15) is 6.10 Å². The Balaban J connectivity index is 0.00000225. The summed E-state index contributed by atoms with van der Waals surface area (Å²) in [5.41, 5.74) is 6.02. The zero-order valence-electron chi connectivity index (χ0n) is 15.1. The second-order valence-corrected chi connectivity index (χ2v) is 7.65. The summed E-state index contributed by atoms with van der Waals surface area (Å²) in [4.78, 5) is 28.9. The quantitative estimate of drug-likeness (QED) is 0.811. The molecule has 3 aliphatic rings. The molecule has 25 heavy (non-hydrogen) atoms. The molecule has 2 aliphatic heterocycles. The molecule has 1 aliphatic carbocycles. The largest absolute Gasteiger partial charge is 0.368 e. The Bertz CT molecular complexity index is 454. The summed E-state index contributed by atoms with van der Waals surface area (Å²) in [7, 11) is 0. The number of ether oxygens (including phenoxy) is 1. The van der Waals surface area contributed by atoms with Crippen LogP contribution in [0.25, 0.3) is 0 Å². The SMILES string of the molecule is Cl.NCC1(CC(=O)N2CCN(C(=O)C3CCCO3)CC2)CCCCC1. The van der Waals surface area contributed by atoms with E-state index in [1.807, 2.05) is 9.80 Å². The van der Waals surface area contributed by atoms with Crippen molar-refractivity contribution in [1.29, 1.82) is 0 Å². The van der Waals surface area contributed by atoms with E-state index in [2.05, 4.69) is 0 Å². The minimum atomic E-state index is -0.255. The average molecular weight is 374 g/mol. The Morgan fingerprint density at radius 3 is 2.20 bits per heavy atom. The van der Waals surface area contributed by atoms with Gasteiger partial charge >= 0.3 is 0 Å². The van der Waals surface area contributed by atoms with Crippen LogP contribution in [0.3, 0.4) is 0 Å². The van der Waals surface area contributed by atoms with E-state index >= 15 is 0 Å². The Morgan fingerprint density at radius 2 is 1.64 bits per heavy atom. The highest BCUT2D eigenvalue weighted by atomic mass is 35.5. The Hall–Kier alpha value is -0.850. The first-order valence-electron chi connectivity index (χ1n) is 9.52. The number of nitrogens with zero attached hydrogens (tertiary/aromatic N) is 2. The molecule has 1 unspecified atom stereocenters. The van der Waals surface area contributed by atoms with Crippen LogP contribution >= 0.6 is 12.4 Å². The number of rotatable bonds is 4. The minimum Gasteiger partial charge on any atom is -0.368 e. The summed E-state index contributed by atoms with van der Waals surface area (Å²) in [6, 6.07) is 0. The van der Waals surface area contributed by atoms with Crippen molar-refractivity contribution in [1.82, 2.24) is 9.80 Å². The third kappa shape index (κ3) is 4.86. The molecule has 0 bridgehead atoms. The number of nitrogens with two attached hydrogens (primary N) is 1. The summed E-state index contributed by atoms with van der Waals surface area (Å²) in [6.07, 6.45) is 7.91. The van der Waals surface area contributed by atoms with E-state index in [1.54, 1.807) is 0 Å². The normalized spacial score (nSPS) is 26.2. The number of amides is 2. The smallest absolute Gasteiger partial charge is 0.251 e. The molecule has 2 heterocycles. The zero-order valence-corrected chi connectivity index (χ0v) is 15.9. The predicted molar refractivity (Wildman–Crippen MR) is 98.6 cm³/mol. The molecular formula is C18H32ClN3O3. The molecule has 2 N–H and O–H groups in total. The van der Waals surface area contributed by atoms with Gasteiger partial charge in [-0.2, -0.15) is 0 Å². The molecule has 6 nitrogen and oxygen atoms in total. The highest BCUT2D eigenvalue weighted by Gasteiger charge is 2.36. The van der Waals surface area contributed by atoms with Gasteiger partial charge in [-0.15, -0.1) is 12.4 Å². The molecule has 3 rings (SSSR count). The van der Waals surface area contributed by atoms with E-state index in [9.17, 15) is 9.59 Å². The molecule has 3 fully saturated rings. The van der Waals surface area contributed by atoms with Gasteiger partial charge in [0.2, 0.25) is 5.91 Å². The van der Waals surface area contributed by atoms with Crippen molar-refractivity contribution in [3.05, 3.63) is 0 Å². The third-order valence-corrected chi connectivity index (χ3v) is 6.02. The number of carbonyl (C=O) groups is 2. The van der Waals surface area contributed by atoms with Gasteiger partial charge in [-0.05, 0) is 37.6 Å². The topological polar surface area (TPSA) is 75.9 Å². The Morgan fingerprint density at radius 1 is 1.00 bits per heavy atom. The number of hydrogen-bond donors (Lipinski definition) is 1. The summed E-state index contributed by atoms with van der Waals surface area (Å²) in [6.45, 7) is 3.82. The van der Waals surface area contributed by atoms with E-state index in [-0.39, 0.29) is 35.7 Å². The van der Waals surface area contributed by atoms with Crippen molar-refractivity contribution < 1.29 is 14.3 Å². The molecule has 0 aromatic carbocycles. The van der Waals surface area contributed by atoms with Gasteiger partial charge in [-0.1, -0.05) is 19.3 Å².